The van der Waals surface area contributed by atoms with Crippen molar-refractivity contribution in [3.05, 3.63) is 35.4 Å². The number of carbonyl (C=O) groups excluding carboxylic acids is 2. The first-order valence-corrected chi connectivity index (χ1v) is 8.74. The standard InChI is InChI=1S/C19H26N2O3/c1-13-6-3-4-7-15(13)19-16-11-20-10-14(16)12-21(19)17(22)8-5-9-18(23)24-2/h3-4,6-7,14,16,19-20H,5,8-12H2,1-2H3/t14-,16-,19-/m0/s1. The summed E-state index contributed by atoms with van der Waals surface area (Å²) in [7, 11) is 1.38. The summed E-state index contributed by atoms with van der Waals surface area (Å²) < 4.78 is 4.65. The monoisotopic (exact) mass is 330 g/mol. The zero-order valence-corrected chi connectivity index (χ0v) is 14.5. The molecule has 1 aromatic rings. The highest BCUT2D eigenvalue weighted by Crippen LogP contribution is 2.43. The number of ether oxygens (including phenoxy) is 1. The number of aryl methyl sites for hydroxylation is 1. The van der Waals surface area contributed by atoms with Crippen LogP contribution in [0.15, 0.2) is 24.3 Å². The molecule has 0 aromatic heterocycles. The fraction of sp³-hybridized carbons (Fsp3) is 0.579. The second-order valence-electron chi connectivity index (χ2n) is 6.86. The molecule has 2 aliphatic rings. The number of benzene rings is 1. The Bertz CT molecular complexity index is 616. The Morgan fingerprint density at radius 1 is 1.25 bits per heavy atom. The fourth-order valence-electron chi connectivity index (χ4n) is 4.12. The van der Waals surface area contributed by atoms with Gasteiger partial charge in [0.15, 0.2) is 0 Å². The molecule has 2 saturated heterocycles. The van der Waals surface area contributed by atoms with E-state index in [0.29, 0.717) is 31.1 Å². The van der Waals surface area contributed by atoms with Crippen LogP contribution in [0.1, 0.15) is 36.4 Å². The van der Waals surface area contributed by atoms with E-state index in [9.17, 15) is 9.59 Å². The van der Waals surface area contributed by atoms with E-state index in [1.807, 2.05) is 6.07 Å². The molecule has 2 fully saturated rings. The Kier molecular flexibility index (Phi) is 5.19. The number of rotatable bonds is 5. The third-order valence-corrected chi connectivity index (χ3v) is 5.39. The van der Waals surface area contributed by atoms with Gasteiger partial charge < -0.3 is 15.0 Å². The summed E-state index contributed by atoms with van der Waals surface area (Å²) in [6.45, 7) is 4.88. The van der Waals surface area contributed by atoms with E-state index in [-0.39, 0.29) is 17.9 Å². The summed E-state index contributed by atoms with van der Waals surface area (Å²) in [5.74, 6) is 0.914. The zero-order chi connectivity index (χ0) is 17.1. The van der Waals surface area contributed by atoms with Gasteiger partial charge in [0.25, 0.3) is 0 Å². The molecule has 0 saturated carbocycles. The van der Waals surface area contributed by atoms with E-state index in [0.717, 1.165) is 19.6 Å². The first-order chi connectivity index (χ1) is 11.6. The molecule has 3 rings (SSSR count). The van der Waals surface area contributed by atoms with Crippen LogP contribution in [0, 0.1) is 18.8 Å². The smallest absolute Gasteiger partial charge is 0.305 e. The lowest BCUT2D eigenvalue weighted by Crippen LogP contribution is -2.35. The van der Waals surface area contributed by atoms with E-state index < -0.39 is 0 Å². The molecular formula is C19H26N2O3. The van der Waals surface area contributed by atoms with Crippen LogP contribution in [0.25, 0.3) is 0 Å². The van der Waals surface area contributed by atoms with Crippen molar-refractivity contribution in [2.24, 2.45) is 11.8 Å². The summed E-state index contributed by atoms with van der Waals surface area (Å²) >= 11 is 0. The number of fused-ring (bicyclic) bond motifs is 1. The van der Waals surface area contributed by atoms with Crippen molar-refractivity contribution in [1.29, 1.82) is 0 Å². The van der Waals surface area contributed by atoms with Crippen LogP contribution in [-0.2, 0) is 14.3 Å². The normalized spacial score (nSPS) is 25.6. The molecular weight excluding hydrogens is 304 g/mol. The van der Waals surface area contributed by atoms with Crippen LogP contribution in [0.4, 0.5) is 0 Å². The predicted octanol–water partition coefficient (Wildman–Crippen LogP) is 2.06. The topological polar surface area (TPSA) is 58.6 Å². The Labute approximate surface area is 143 Å². The minimum Gasteiger partial charge on any atom is -0.469 e. The molecule has 1 N–H and O–H groups in total. The molecule has 1 aromatic carbocycles. The van der Waals surface area contributed by atoms with Gasteiger partial charge in [-0.25, -0.2) is 0 Å². The first-order valence-electron chi connectivity index (χ1n) is 8.74. The van der Waals surface area contributed by atoms with Gasteiger partial charge in [0.1, 0.15) is 0 Å². The summed E-state index contributed by atoms with van der Waals surface area (Å²) in [6.07, 6.45) is 1.26. The average molecular weight is 330 g/mol. The van der Waals surface area contributed by atoms with Crippen LogP contribution >= 0.6 is 0 Å². The van der Waals surface area contributed by atoms with Gasteiger partial charge in [0.2, 0.25) is 5.91 Å². The molecule has 2 aliphatic heterocycles. The van der Waals surface area contributed by atoms with Gasteiger partial charge in [0.05, 0.1) is 13.2 Å². The molecule has 3 atom stereocenters. The fourth-order valence-corrected chi connectivity index (χ4v) is 4.12. The van der Waals surface area contributed by atoms with Gasteiger partial charge in [-0.05, 0) is 30.4 Å². The van der Waals surface area contributed by atoms with Crippen LogP contribution in [-0.4, -0.2) is 43.5 Å². The Morgan fingerprint density at radius 2 is 2.04 bits per heavy atom. The molecule has 24 heavy (non-hydrogen) atoms. The number of nitrogens with zero attached hydrogens (tertiary/aromatic N) is 1. The third-order valence-electron chi connectivity index (χ3n) is 5.39. The number of hydrogen-bond donors (Lipinski definition) is 1. The lowest BCUT2D eigenvalue weighted by molar-refractivity contribution is -0.141. The summed E-state index contributed by atoms with van der Waals surface area (Å²) in [5.41, 5.74) is 2.50. The van der Waals surface area contributed by atoms with Gasteiger partial charge in [-0.2, -0.15) is 0 Å². The minimum atomic E-state index is -0.249. The number of carbonyl (C=O) groups is 2. The van der Waals surface area contributed by atoms with Crippen molar-refractivity contribution in [3.63, 3.8) is 0 Å². The Hall–Kier alpha value is -1.88. The molecule has 5 heteroatoms. The van der Waals surface area contributed by atoms with E-state index in [4.69, 9.17) is 0 Å². The maximum Gasteiger partial charge on any atom is 0.305 e. The van der Waals surface area contributed by atoms with E-state index in [2.05, 4.69) is 40.1 Å². The lowest BCUT2D eigenvalue weighted by Gasteiger charge is -2.29. The molecule has 0 spiro atoms. The maximum absolute atomic E-state index is 12.8. The van der Waals surface area contributed by atoms with Gasteiger partial charge in [-0.1, -0.05) is 24.3 Å². The van der Waals surface area contributed by atoms with E-state index in [1.54, 1.807) is 0 Å². The van der Waals surface area contributed by atoms with Gasteiger partial charge in [0, 0.05) is 38.4 Å². The summed E-state index contributed by atoms with van der Waals surface area (Å²) in [5, 5.41) is 3.47. The number of amides is 1. The van der Waals surface area contributed by atoms with Crippen molar-refractivity contribution in [3.8, 4) is 0 Å². The zero-order valence-electron chi connectivity index (χ0n) is 14.5. The molecule has 0 bridgehead atoms. The summed E-state index contributed by atoms with van der Waals surface area (Å²) in [4.78, 5) is 26.1. The van der Waals surface area contributed by atoms with Gasteiger partial charge in [-0.3, -0.25) is 9.59 Å². The van der Waals surface area contributed by atoms with E-state index in [1.165, 1.54) is 18.2 Å². The molecule has 5 nitrogen and oxygen atoms in total. The number of esters is 1. The van der Waals surface area contributed by atoms with E-state index >= 15 is 0 Å². The third kappa shape index (κ3) is 3.31. The second kappa shape index (κ2) is 7.34. The molecule has 130 valence electrons. The second-order valence-corrected chi connectivity index (χ2v) is 6.86. The van der Waals surface area contributed by atoms with Gasteiger partial charge in [-0.15, -0.1) is 0 Å². The molecule has 2 heterocycles. The van der Waals surface area contributed by atoms with Crippen molar-refractivity contribution >= 4 is 11.9 Å². The SMILES string of the molecule is COC(=O)CCCC(=O)N1C[C@@H]2CNC[C@@H]2[C@@H]1c1ccccc1C. The molecule has 0 radical (unpaired) electrons. The predicted molar refractivity (Wildman–Crippen MR) is 91.3 cm³/mol. The molecule has 0 unspecified atom stereocenters. The highest BCUT2D eigenvalue weighted by molar-refractivity contribution is 5.78. The van der Waals surface area contributed by atoms with Crippen molar-refractivity contribution in [1.82, 2.24) is 10.2 Å². The van der Waals surface area contributed by atoms with Gasteiger partial charge >= 0.3 is 5.97 Å². The Balaban J connectivity index is 1.74. The summed E-state index contributed by atoms with van der Waals surface area (Å²) in [6, 6.07) is 8.51. The highest BCUT2D eigenvalue weighted by Gasteiger charge is 2.46. The van der Waals surface area contributed by atoms with Crippen LogP contribution < -0.4 is 5.32 Å². The number of methoxy groups -OCH3 is 1. The number of hydrogen-bond acceptors (Lipinski definition) is 4. The average Bonchev–Trinajstić information content (AvgIpc) is 3.16. The van der Waals surface area contributed by atoms with Crippen LogP contribution in [0.3, 0.4) is 0 Å². The van der Waals surface area contributed by atoms with Crippen molar-refractivity contribution in [2.45, 2.75) is 32.2 Å². The van der Waals surface area contributed by atoms with Crippen LogP contribution in [0.2, 0.25) is 0 Å². The number of nitrogens with one attached hydrogen (secondary N) is 1. The molecule has 0 aliphatic carbocycles. The quantitative estimate of drug-likeness (QED) is 0.840. The Morgan fingerprint density at radius 3 is 2.79 bits per heavy atom. The maximum atomic E-state index is 12.8. The first kappa shape index (κ1) is 17.0. The highest BCUT2D eigenvalue weighted by atomic mass is 16.5. The lowest BCUT2D eigenvalue weighted by atomic mass is 9.87. The minimum absolute atomic E-state index is 0.150. The van der Waals surface area contributed by atoms with Crippen LogP contribution in [0.5, 0.6) is 0 Å². The number of likely N-dealkylation sites (tertiary alicyclic amines) is 1. The molecule has 1 amide bonds. The van der Waals surface area contributed by atoms with Crippen molar-refractivity contribution < 1.29 is 14.3 Å². The van der Waals surface area contributed by atoms with Crippen molar-refractivity contribution in [2.75, 3.05) is 26.7 Å². The largest absolute Gasteiger partial charge is 0.469 e.